The summed E-state index contributed by atoms with van der Waals surface area (Å²) >= 11 is 1.55. The van der Waals surface area contributed by atoms with Gasteiger partial charge in [-0.05, 0) is 57.1 Å². The standard InChI is InChI=1S/C23H26N4O2S/c1-2-27(23-25-19-10-6-7-11-20(19)30-23)21(28)16-26-14-12-17(13-15-26)22(29)24-18-8-4-3-5-9-18/h3-11,17H,2,12-16H2,1H3,(H,24,29). The van der Waals surface area contributed by atoms with Crippen LogP contribution in [0.3, 0.4) is 0 Å². The van der Waals surface area contributed by atoms with Gasteiger partial charge in [-0.1, -0.05) is 41.7 Å². The van der Waals surface area contributed by atoms with E-state index in [1.165, 1.54) is 0 Å². The number of thiazole rings is 1. The smallest absolute Gasteiger partial charge is 0.242 e. The van der Waals surface area contributed by atoms with Gasteiger partial charge in [0.1, 0.15) is 0 Å². The van der Waals surface area contributed by atoms with E-state index in [0.29, 0.717) is 13.1 Å². The lowest BCUT2D eigenvalue weighted by atomic mass is 9.95. The first kappa shape index (κ1) is 20.5. The Hall–Kier alpha value is -2.77. The van der Waals surface area contributed by atoms with Crippen molar-refractivity contribution >= 4 is 44.2 Å². The van der Waals surface area contributed by atoms with Crippen molar-refractivity contribution in [3.8, 4) is 0 Å². The number of amides is 2. The molecule has 3 aromatic rings. The highest BCUT2D eigenvalue weighted by molar-refractivity contribution is 7.22. The second-order valence-electron chi connectivity index (χ2n) is 7.51. The van der Waals surface area contributed by atoms with E-state index in [1.54, 1.807) is 16.2 Å². The van der Waals surface area contributed by atoms with Crippen LogP contribution in [0, 0.1) is 5.92 Å². The van der Waals surface area contributed by atoms with Gasteiger partial charge in [-0.3, -0.25) is 19.4 Å². The van der Waals surface area contributed by atoms with E-state index in [4.69, 9.17) is 0 Å². The molecule has 0 unspecified atom stereocenters. The number of hydrogen-bond acceptors (Lipinski definition) is 5. The minimum absolute atomic E-state index is 0.0110. The van der Waals surface area contributed by atoms with Crippen molar-refractivity contribution < 1.29 is 9.59 Å². The number of likely N-dealkylation sites (N-methyl/N-ethyl adjacent to an activating group) is 1. The Bertz CT molecular complexity index is 979. The first-order valence-corrected chi connectivity index (χ1v) is 11.2. The number of piperidine rings is 1. The van der Waals surface area contributed by atoms with Gasteiger partial charge in [-0.25, -0.2) is 4.98 Å². The van der Waals surface area contributed by atoms with Crippen LogP contribution in [-0.4, -0.2) is 47.9 Å². The molecule has 1 saturated heterocycles. The third kappa shape index (κ3) is 4.68. The van der Waals surface area contributed by atoms with E-state index < -0.39 is 0 Å². The average molecular weight is 423 g/mol. The first-order chi connectivity index (χ1) is 14.6. The molecule has 2 amide bonds. The third-order valence-corrected chi connectivity index (χ3v) is 6.55. The maximum absolute atomic E-state index is 12.9. The Balaban J connectivity index is 1.31. The number of benzene rings is 2. The molecule has 1 aliphatic heterocycles. The molecule has 0 aliphatic carbocycles. The highest BCUT2D eigenvalue weighted by Crippen LogP contribution is 2.29. The van der Waals surface area contributed by atoms with Gasteiger partial charge in [0, 0.05) is 18.2 Å². The summed E-state index contributed by atoms with van der Waals surface area (Å²) in [5.41, 5.74) is 1.75. The Labute approximate surface area is 180 Å². The summed E-state index contributed by atoms with van der Waals surface area (Å²) < 4.78 is 1.09. The average Bonchev–Trinajstić information content (AvgIpc) is 3.19. The first-order valence-electron chi connectivity index (χ1n) is 10.4. The van der Waals surface area contributed by atoms with E-state index in [0.717, 1.165) is 47.0 Å². The molecule has 0 bridgehead atoms. The van der Waals surface area contributed by atoms with E-state index >= 15 is 0 Å². The molecule has 0 atom stereocenters. The number of fused-ring (bicyclic) bond motifs is 1. The van der Waals surface area contributed by atoms with Crippen molar-refractivity contribution in [1.82, 2.24) is 9.88 Å². The Kier molecular flexibility index (Phi) is 6.40. The van der Waals surface area contributed by atoms with Crippen LogP contribution in [0.15, 0.2) is 54.6 Å². The largest absolute Gasteiger partial charge is 0.326 e. The topological polar surface area (TPSA) is 65.5 Å². The summed E-state index contributed by atoms with van der Waals surface area (Å²) in [7, 11) is 0. The van der Waals surface area contributed by atoms with E-state index in [9.17, 15) is 9.59 Å². The van der Waals surface area contributed by atoms with Gasteiger partial charge >= 0.3 is 0 Å². The van der Waals surface area contributed by atoms with Crippen LogP contribution in [0.4, 0.5) is 10.8 Å². The lowest BCUT2D eigenvalue weighted by Crippen LogP contribution is -2.45. The maximum atomic E-state index is 12.9. The highest BCUT2D eigenvalue weighted by atomic mass is 32.1. The molecule has 2 aromatic carbocycles. The fourth-order valence-electron chi connectivity index (χ4n) is 3.79. The number of hydrogen-bond donors (Lipinski definition) is 1. The van der Waals surface area contributed by atoms with Crippen molar-refractivity contribution in [2.75, 3.05) is 36.4 Å². The van der Waals surface area contributed by atoms with Crippen LogP contribution in [0.5, 0.6) is 0 Å². The minimum Gasteiger partial charge on any atom is -0.326 e. The molecule has 1 aromatic heterocycles. The SMILES string of the molecule is CCN(C(=O)CN1CCC(C(=O)Nc2ccccc2)CC1)c1nc2ccccc2s1. The quantitative estimate of drug-likeness (QED) is 0.652. The van der Waals surface area contributed by atoms with Gasteiger partial charge in [-0.2, -0.15) is 0 Å². The lowest BCUT2D eigenvalue weighted by molar-refractivity contribution is -0.122. The van der Waals surface area contributed by atoms with Crippen molar-refractivity contribution in [3.05, 3.63) is 54.6 Å². The number of carbonyl (C=O) groups is 2. The lowest BCUT2D eigenvalue weighted by Gasteiger charge is -2.32. The molecule has 6 nitrogen and oxygen atoms in total. The number of aromatic nitrogens is 1. The number of likely N-dealkylation sites (tertiary alicyclic amines) is 1. The number of nitrogens with zero attached hydrogens (tertiary/aromatic N) is 3. The Morgan fingerprint density at radius 1 is 1.10 bits per heavy atom. The van der Waals surface area contributed by atoms with Gasteiger partial charge in [-0.15, -0.1) is 0 Å². The van der Waals surface area contributed by atoms with Crippen molar-refractivity contribution in [2.24, 2.45) is 5.92 Å². The van der Waals surface area contributed by atoms with Crippen LogP contribution in [-0.2, 0) is 9.59 Å². The fraction of sp³-hybridized carbons (Fsp3) is 0.348. The predicted octanol–water partition coefficient (Wildman–Crippen LogP) is 4.00. The summed E-state index contributed by atoms with van der Waals surface area (Å²) in [6.45, 7) is 4.42. The third-order valence-electron chi connectivity index (χ3n) is 5.49. The molecule has 1 N–H and O–H groups in total. The zero-order chi connectivity index (χ0) is 20.9. The maximum Gasteiger partial charge on any atom is 0.242 e. The number of nitrogens with one attached hydrogen (secondary N) is 1. The van der Waals surface area contributed by atoms with E-state index in [2.05, 4.69) is 15.2 Å². The van der Waals surface area contributed by atoms with Crippen LogP contribution in [0.1, 0.15) is 19.8 Å². The van der Waals surface area contributed by atoms with Gasteiger partial charge in [0.05, 0.1) is 16.8 Å². The zero-order valence-electron chi connectivity index (χ0n) is 17.1. The van der Waals surface area contributed by atoms with Crippen LogP contribution < -0.4 is 10.2 Å². The fourth-order valence-corrected chi connectivity index (χ4v) is 4.84. The normalized spacial score (nSPS) is 15.2. The summed E-state index contributed by atoms with van der Waals surface area (Å²) in [4.78, 5) is 34.0. The van der Waals surface area contributed by atoms with Crippen molar-refractivity contribution in [2.45, 2.75) is 19.8 Å². The summed E-state index contributed by atoms with van der Waals surface area (Å²) in [5.74, 6) is 0.115. The molecule has 1 aliphatic rings. The molecular weight excluding hydrogens is 396 g/mol. The molecule has 0 saturated carbocycles. The number of carbonyl (C=O) groups excluding carboxylic acids is 2. The van der Waals surface area contributed by atoms with Crippen LogP contribution in [0.2, 0.25) is 0 Å². The molecule has 1 fully saturated rings. The highest BCUT2D eigenvalue weighted by Gasteiger charge is 2.27. The zero-order valence-corrected chi connectivity index (χ0v) is 17.9. The van der Waals surface area contributed by atoms with Gasteiger partial charge < -0.3 is 5.32 Å². The minimum atomic E-state index is -0.0110. The summed E-state index contributed by atoms with van der Waals surface area (Å²) in [6, 6.07) is 17.5. The number of para-hydroxylation sites is 2. The van der Waals surface area contributed by atoms with Crippen LogP contribution in [0.25, 0.3) is 10.2 Å². The summed E-state index contributed by atoms with van der Waals surface area (Å²) in [5, 5.41) is 3.74. The molecule has 7 heteroatoms. The Morgan fingerprint density at radius 2 is 1.80 bits per heavy atom. The van der Waals surface area contributed by atoms with Gasteiger partial charge in [0.15, 0.2) is 5.13 Å². The molecule has 30 heavy (non-hydrogen) atoms. The van der Waals surface area contributed by atoms with Crippen molar-refractivity contribution in [3.63, 3.8) is 0 Å². The summed E-state index contributed by atoms with van der Waals surface area (Å²) in [6.07, 6.45) is 1.53. The van der Waals surface area contributed by atoms with E-state index in [1.807, 2.05) is 61.5 Å². The molecule has 156 valence electrons. The van der Waals surface area contributed by atoms with Gasteiger partial charge in [0.25, 0.3) is 0 Å². The molecule has 0 radical (unpaired) electrons. The monoisotopic (exact) mass is 422 g/mol. The molecular formula is C23H26N4O2S. The molecule has 0 spiro atoms. The van der Waals surface area contributed by atoms with Gasteiger partial charge in [0.2, 0.25) is 11.8 Å². The Morgan fingerprint density at radius 3 is 2.50 bits per heavy atom. The predicted molar refractivity (Wildman–Crippen MR) is 122 cm³/mol. The molecule has 4 rings (SSSR count). The van der Waals surface area contributed by atoms with Crippen LogP contribution >= 0.6 is 11.3 Å². The second kappa shape index (κ2) is 9.36. The van der Waals surface area contributed by atoms with E-state index in [-0.39, 0.29) is 17.7 Å². The van der Waals surface area contributed by atoms with Crippen molar-refractivity contribution in [1.29, 1.82) is 0 Å². The number of rotatable bonds is 6. The molecule has 2 heterocycles. The number of anilines is 2. The second-order valence-corrected chi connectivity index (χ2v) is 8.52.